The number of ether oxygens (including phenoxy) is 2. The molecule has 5 heteroatoms. The molecule has 0 bridgehead atoms. The van der Waals surface area contributed by atoms with E-state index < -0.39 is 5.97 Å². The summed E-state index contributed by atoms with van der Waals surface area (Å²) in [4.78, 5) is 23.7. The Morgan fingerprint density at radius 3 is 2.04 bits per heavy atom. The van der Waals surface area contributed by atoms with Gasteiger partial charge in [0.15, 0.2) is 0 Å². The second-order valence-corrected chi connectivity index (χ2v) is 5.74. The van der Waals surface area contributed by atoms with Crippen molar-refractivity contribution < 1.29 is 19.1 Å². The average Bonchev–Trinajstić information content (AvgIpc) is 2.59. The van der Waals surface area contributed by atoms with E-state index in [1.807, 2.05) is 31.2 Å². The van der Waals surface area contributed by atoms with Crippen LogP contribution in [0.2, 0.25) is 0 Å². The zero-order valence-electron chi connectivity index (χ0n) is 12.8. The van der Waals surface area contributed by atoms with E-state index in [1.54, 1.807) is 24.3 Å². The van der Waals surface area contributed by atoms with Crippen molar-refractivity contribution in [2.75, 3.05) is 6.61 Å². The highest BCUT2D eigenvalue weighted by atomic mass is 79.9. The molecule has 0 aliphatic rings. The number of benzene rings is 2. The molecule has 23 heavy (non-hydrogen) atoms. The summed E-state index contributed by atoms with van der Waals surface area (Å²) in [6.45, 7) is 2.49. The van der Waals surface area contributed by atoms with Crippen LogP contribution in [-0.2, 0) is 16.1 Å². The van der Waals surface area contributed by atoms with Crippen molar-refractivity contribution in [2.24, 2.45) is 0 Å². The van der Waals surface area contributed by atoms with Crippen molar-refractivity contribution in [3.63, 3.8) is 0 Å². The van der Waals surface area contributed by atoms with Gasteiger partial charge in [-0.05, 0) is 36.8 Å². The van der Waals surface area contributed by atoms with Crippen molar-refractivity contribution in [2.45, 2.75) is 20.0 Å². The van der Waals surface area contributed by atoms with E-state index in [-0.39, 0.29) is 12.6 Å². The van der Waals surface area contributed by atoms with Gasteiger partial charge in [-0.2, -0.15) is 0 Å². The number of hydrogen-bond acceptors (Lipinski definition) is 4. The second-order valence-electron chi connectivity index (χ2n) is 4.88. The van der Waals surface area contributed by atoms with E-state index in [1.165, 1.54) is 0 Å². The maximum absolute atomic E-state index is 12.0. The highest BCUT2D eigenvalue weighted by molar-refractivity contribution is 9.10. The first kappa shape index (κ1) is 17.2. The molecule has 120 valence electrons. The number of esters is 2. The largest absolute Gasteiger partial charge is 0.462 e. The van der Waals surface area contributed by atoms with Gasteiger partial charge in [-0.1, -0.05) is 41.1 Å². The number of carbonyl (C=O) groups excluding carboxylic acids is 2. The van der Waals surface area contributed by atoms with Crippen LogP contribution in [0.3, 0.4) is 0 Å². The molecule has 0 N–H and O–H groups in total. The fourth-order valence-electron chi connectivity index (χ4n) is 1.86. The number of hydrogen-bond donors (Lipinski definition) is 0. The molecule has 0 spiro atoms. The lowest BCUT2D eigenvalue weighted by Crippen LogP contribution is -2.08. The first-order valence-electron chi connectivity index (χ1n) is 7.29. The fourth-order valence-corrected chi connectivity index (χ4v) is 2.26. The van der Waals surface area contributed by atoms with Gasteiger partial charge >= 0.3 is 11.9 Å². The minimum atomic E-state index is -0.436. The molecule has 2 aromatic rings. The Morgan fingerprint density at radius 2 is 1.48 bits per heavy atom. The minimum Gasteiger partial charge on any atom is -0.462 e. The van der Waals surface area contributed by atoms with Gasteiger partial charge in [0.05, 0.1) is 17.7 Å². The molecule has 0 unspecified atom stereocenters. The third kappa shape index (κ3) is 4.93. The van der Waals surface area contributed by atoms with Gasteiger partial charge in [-0.3, -0.25) is 0 Å². The van der Waals surface area contributed by atoms with E-state index in [2.05, 4.69) is 15.9 Å². The fraction of sp³-hybridized carbons (Fsp3) is 0.222. The molecule has 0 heterocycles. The first-order valence-corrected chi connectivity index (χ1v) is 8.09. The molecular weight excluding hydrogens is 360 g/mol. The summed E-state index contributed by atoms with van der Waals surface area (Å²) in [6.07, 6.45) is 0.769. The highest BCUT2D eigenvalue weighted by Gasteiger charge is 2.11. The van der Waals surface area contributed by atoms with Crippen molar-refractivity contribution in [1.29, 1.82) is 0 Å². The van der Waals surface area contributed by atoms with E-state index in [0.29, 0.717) is 17.7 Å². The summed E-state index contributed by atoms with van der Waals surface area (Å²) in [5.41, 5.74) is 1.70. The smallest absolute Gasteiger partial charge is 0.338 e. The quantitative estimate of drug-likeness (QED) is 0.702. The van der Waals surface area contributed by atoms with Crippen molar-refractivity contribution in [3.8, 4) is 0 Å². The van der Waals surface area contributed by atoms with E-state index in [9.17, 15) is 9.59 Å². The summed E-state index contributed by atoms with van der Waals surface area (Å²) in [6, 6.07) is 13.8. The molecule has 0 amide bonds. The topological polar surface area (TPSA) is 52.6 Å². The van der Waals surface area contributed by atoms with Gasteiger partial charge in [0.2, 0.25) is 0 Å². The summed E-state index contributed by atoms with van der Waals surface area (Å²) >= 11 is 3.41. The van der Waals surface area contributed by atoms with Crippen LogP contribution >= 0.6 is 15.9 Å². The normalized spacial score (nSPS) is 10.2. The Kier molecular flexibility index (Phi) is 6.35. The lowest BCUT2D eigenvalue weighted by Gasteiger charge is -2.07. The average molecular weight is 377 g/mol. The molecule has 0 aliphatic carbocycles. The van der Waals surface area contributed by atoms with E-state index in [4.69, 9.17) is 9.47 Å². The Balaban J connectivity index is 1.95. The standard InChI is InChI=1S/C18H17BrO4/c1-2-11-22-17(20)13-7-9-14(10-8-13)18(21)23-12-15-5-3-4-6-16(15)19/h3-10H,2,11-12H2,1H3. The van der Waals surface area contributed by atoms with Gasteiger partial charge in [-0.25, -0.2) is 9.59 Å². The predicted molar refractivity (Wildman–Crippen MR) is 90.3 cm³/mol. The molecule has 0 aromatic heterocycles. The summed E-state index contributed by atoms with van der Waals surface area (Å²) in [5.74, 6) is -0.825. The van der Waals surface area contributed by atoms with Crippen LogP contribution in [0.1, 0.15) is 39.6 Å². The maximum Gasteiger partial charge on any atom is 0.338 e. The molecular formula is C18H17BrO4. The maximum atomic E-state index is 12.0. The van der Waals surface area contributed by atoms with Crippen LogP contribution in [0.4, 0.5) is 0 Å². The molecule has 0 atom stereocenters. The molecule has 2 aromatic carbocycles. The van der Waals surface area contributed by atoms with Crippen LogP contribution in [0.15, 0.2) is 53.0 Å². The molecule has 2 rings (SSSR count). The van der Waals surface area contributed by atoms with Crippen LogP contribution in [0.5, 0.6) is 0 Å². The molecule has 0 radical (unpaired) electrons. The molecule has 0 saturated carbocycles. The minimum absolute atomic E-state index is 0.181. The molecule has 0 fully saturated rings. The van der Waals surface area contributed by atoms with Crippen molar-refractivity contribution in [3.05, 3.63) is 69.7 Å². The molecule has 0 saturated heterocycles. The predicted octanol–water partition coefficient (Wildman–Crippen LogP) is 4.37. The number of rotatable bonds is 6. The van der Waals surface area contributed by atoms with Gasteiger partial charge in [-0.15, -0.1) is 0 Å². The summed E-state index contributed by atoms with van der Waals surface area (Å²) < 4.78 is 11.2. The van der Waals surface area contributed by atoms with Gasteiger partial charge in [0, 0.05) is 10.0 Å². The van der Waals surface area contributed by atoms with Gasteiger partial charge < -0.3 is 9.47 Å². The number of halogens is 1. The Bertz CT molecular complexity index is 680. The van der Waals surface area contributed by atoms with Crippen LogP contribution in [0.25, 0.3) is 0 Å². The number of carbonyl (C=O) groups is 2. The third-order valence-electron chi connectivity index (χ3n) is 3.11. The molecule has 4 nitrogen and oxygen atoms in total. The first-order chi connectivity index (χ1) is 11.1. The van der Waals surface area contributed by atoms with Crippen LogP contribution in [-0.4, -0.2) is 18.5 Å². The zero-order valence-corrected chi connectivity index (χ0v) is 14.3. The van der Waals surface area contributed by atoms with Crippen LogP contribution in [0, 0.1) is 0 Å². The Hall–Kier alpha value is -2.14. The van der Waals surface area contributed by atoms with Crippen molar-refractivity contribution in [1.82, 2.24) is 0 Å². The highest BCUT2D eigenvalue weighted by Crippen LogP contribution is 2.17. The summed E-state index contributed by atoms with van der Waals surface area (Å²) in [5, 5.41) is 0. The SMILES string of the molecule is CCCOC(=O)c1ccc(C(=O)OCc2ccccc2Br)cc1. The molecule has 0 aliphatic heterocycles. The van der Waals surface area contributed by atoms with Gasteiger partial charge in [0.1, 0.15) is 6.61 Å². The Labute approximate surface area is 143 Å². The second kappa shape index (κ2) is 8.48. The zero-order chi connectivity index (χ0) is 16.7. The monoisotopic (exact) mass is 376 g/mol. The third-order valence-corrected chi connectivity index (χ3v) is 3.88. The van der Waals surface area contributed by atoms with E-state index in [0.717, 1.165) is 16.5 Å². The van der Waals surface area contributed by atoms with Crippen LogP contribution < -0.4 is 0 Å². The van der Waals surface area contributed by atoms with Gasteiger partial charge in [0.25, 0.3) is 0 Å². The van der Waals surface area contributed by atoms with Crippen molar-refractivity contribution >= 4 is 27.9 Å². The lowest BCUT2D eigenvalue weighted by atomic mass is 10.1. The Morgan fingerprint density at radius 1 is 0.913 bits per heavy atom. The summed E-state index contributed by atoms with van der Waals surface area (Å²) in [7, 11) is 0. The lowest BCUT2D eigenvalue weighted by molar-refractivity contribution is 0.0466. The van der Waals surface area contributed by atoms with E-state index >= 15 is 0 Å².